The zero-order valence-corrected chi connectivity index (χ0v) is 10.2. The second kappa shape index (κ2) is 4.63. The van der Waals surface area contributed by atoms with Crippen LogP contribution < -0.4 is 5.73 Å². The standard InChI is InChI=1S/C12H26N2/c1-10(2)11(13)12(3,4)14-8-6-5-7-9-14/h10-11H,5-9,13H2,1-4H3. The molecule has 0 saturated carbocycles. The van der Waals surface area contributed by atoms with Crippen molar-refractivity contribution in [3.8, 4) is 0 Å². The molecule has 14 heavy (non-hydrogen) atoms. The monoisotopic (exact) mass is 198 g/mol. The molecular weight excluding hydrogens is 172 g/mol. The maximum absolute atomic E-state index is 6.28. The lowest BCUT2D eigenvalue weighted by atomic mass is 9.84. The molecule has 1 fully saturated rings. The summed E-state index contributed by atoms with van der Waals surface area (Å²) < 4.78 is 0. The largest absolute Gasteiger partial charge is 0.326 e. The fourth-order valence-corrected chi connectivity index (χ4v) is 2.50. The van der Waals surface area contributed by atoms with Gasteiger partial charge in [0.2, 0.25) is 0 Å². The Bertz CT molecular complexity index is 169. The first-order chi connectivity index (χ1) is 6.46. The molecule has 1 aliphatic rings. The van der Waals surface area contributed by atoms with E-state index in [1.165, 1.54) is 32.4 Å². The molecule has 0 aliphatic carbocycles. The Balaban J connectivity index is 2.61. The highest BCUT2D eigenvalue weighted by atomic mass is 15.2. The van der Waals surface area contributed by atoms with Gasteiger partial charge in [-0.1, -0.05) is 20.3 Å². The van der Waals surface area contributed by atoms with Gasteiger partial charge in [0.1, 0.15) is 0 Å². The van der Waals surface area contributed by atoms with Gasteiger partial charge >= 0.3 is 0 Å². The summed E-state index contributed by atoms with van der Waals surface area (Å²) in [6.45, 7) is 11.5. The predicted octanol–water partition coefficient (Wildman–Crippen LogP) is 2.23. The zero-order chi connectivity index (χ0) is 10.8. The third-order valence-electron chi connectivity index (χ3n) is 3.71. The minimum absolute atomic E-state index is 0.161. The average molecular weight is 198 g/mol. The van der Waals surface area contributed by atoms with Crippen LogP contribution in [-0.4, -0.2) is 29.6 Å². The van der Waals surface area contributed by atoms with Gasteiger partial charge in [0.25, 0.3) is 0 Å². The van der Waals surface area contributed by atoms with Crippen molar-refractivity contribution in [3.05, 3.63) is 0 Å². The van der Waals surface area contributed by atoms with Gasteiger partial charge in [0, 0.05) is 11.6 Å². The van der Waals surface area contributed by atoms with Crippen molar-refractivity contribution >= 4 is 0 Å². The summed E-state index contributed by atoms with van der Waals surface area (Å²) in [5.41, 5.74) is 6.44. The molecule has 0 amide bonds. The number of hydrogen-bond donors (Lipinski definition) is 1. The third-order valence-corrected chi connectivity index (χ3v) is 3.71. The molecule has 1 aliphatic heterocycles. The van der Waals surface area contributed by atoms with Crippen molar-refractivity contribution in [2.75, 3.05) is 13.1 Å². The van der Waals surface area contributed by atoms with E-state index in [1.54, 1.807) is 0 Å². The molecule has 84 valence electrons. The van der Waals surface area contributed by atoms with Crippen molar-refractivity contribution in [1.82, 2.24) is 4.90 Å². The quantitative estimate of drug-likeness (QED) is 0.753. The lowest BCUT2D eigenvalue weighted by Gasteiger charge is -2.46. The van der Waals surface area contributed by atoms with Crippen LogP contribution in [0.3, 0.4) is 0 Å². The molecule has 0 aromatic carbocycles. The average Bonchev–Trinajstić information content (AvgIpc) is 2.18. The second-order valence-corrected chi connectivity index (χ2v) is 5.47. The topological polar surface area (TPSA) is 29.3 Å². The van der Waals surface area contributed by atoms with Crippen LogP contribution in [0.2, 0.25) is 0 Å². The van der Waals surface area contributed by atoms with Crippen molar-refractivity contribution < 1.29 is 0 Å². The van der Waals surface area contributed by atoms with Crippen LogP contribution in [0.4, 0.5) is 0 Å². The van der Waals surface area contributed by atoms with Crippen LogP contribution in [-0.2, 0) is 0 Å². The predicted molar refractivity (Wildman–Crippen MR) is 62.3 cm³/mol. The molecule has 1 heterocycles. The number of rotatable bonds is 3. The summed E-state index contributed by atoms with van der Waals surface area (Å²) in [6.07, 6.45) is 4.08. The van der Waals surface area contributed by atoms with Gasteiger partial charge in [0.15, 0.2) is 0 Å². The van der Waals surface area contributed by atoms with Crippen LogP contribution in [0.25, 0.3) is 0 Å². The molecular formula is C12H26N2. The first-order valence-corrected chi connectivity index (χ1v) is 5.97. The molecule has 0 radical (unpaired) electrons. The molecule has 0 aromatic heterocycles. The number of hydrogen-bond acceptors (Lipinski definition) is 2. The highest BCUT2D eigenvalue weighted by molar-refractivity contribution is 4.94. The van der Waals surface area contributed by atoms with E-state index in [-0.39, 0.29) is 11.6 Å². The fraction of sp³-hybridized carbons (Fsp3) is 1.00. The van der Waals surface area contributed by atoms with Crippen molar-refractivity contribution in [3.63, 3.8) is 0 Å². The van der Waals surface area contributed by atoms with E-state index in [1.807, 2.05) is 0 Å². The molecule has 1 unspecified atom stereocenters. The fourth-order valence-electron chi connectivity index (χ4n) is 2.50. The first kappa shape index (κ1) is 12.0. The van der Waals surface area contributed by atoms with Gasteiger partial charge < -0.3 is 5.73 Å². The molecule has 0 spiro atoms. The Hall–Kier alpha value is -0.0800. The minimum atomic E-state index is 0.161. The van der Waals surface area contributed by atoms with Crippen molar-refractivity contribution in [1.29, 1.82) is 0 Å². The molecule has 2 heteroatoms. The summed E-state index contributed by atoms with van der Waals surface area (Å²) in [5, 5.41) is 0. The Kier molecular flexibility index (Phi) is 3.96. The van der Waals surface area contributed by atoms with E-state index in [2.05, 4.69) is 32.6 Å². The lowest BCUT2D eigenvalue weighted by Crippen LogP contribution is -2.59. The van der Waals surface area contributed by atoms with E-state index >= 15 is 0 Å². The minimum Gasteiger partial charge on any atom is -0.326 e. The molecule has 0 bridgehead atoms. The Morgan fingerprint density at radius 2 is 1.57 bits per heavy atom. The maximum atomic E-state index is 6.28. The smallest absolute Gasteiger partial charge is 0.0306 e. The highest BCUT2D eigenvalue weighted by Crippen LogP contribution is 2.25. The highest BCUT2D eigenvalue weighted by Gasteiger charge is 2.35. The SMILES string of the molecule is CC(C)C(N)C(C)(C)N1CCCCC1. The molecule has 1 saturated heterocycles. The van der Waals surface area contributed by atoms with Crippen LogP contribution in [0.5, 0.6) is 0 Å². The summed E-state index contributed by atoms with van der Waals surface area (Å²) in [7, 11) is 0. The lowest BCUT2D eigenvalue weighted by molar-refractivity contribution is 0.0596. The van der Waals surface area contributed by atoms with Crippen molar-refractivity contribution in [2.45, 2.75) is 58.5 Å². The number of nitrogens with zero attached hydrogens (tertiary/aromatic N) is 1. The van der Waals surface area contributed by atoms with Gasteiger partial charge in [-0.15, -0.1) is 0 Å². The second-order valence-electron chi connectivity index (χ2n) is 5.47. The number of piperidine rings is 1. The summed E-state index contributed by atoms with van der Waals surface area (Å²) in [6, 6.07) is 0.278. The number of likely N-dealkylation sites (tertiary alicyclic amines) is 1. The molecule has 1 rings (SSSR count). The van der Waals surface area contributed by atoms with Gasteiger partial charge in [0.05, 0.1) is 0 Å². The Morgan fingerprint density at radius 1 is 1.07 bits per heavy atom. The summed E-state index contributed by atoms with van der Waals surface area (Å²) >= 11 is 0. The summed E-state index contributed by atoms with van der Waals surface area (Å²) in [4.78, 5) is 2.57. The Morgan fingerprint density at radius 3 is 2.00 bits per heavy atom. The molecule has 0 aromatic rings. The third kappa shape index (κ3) is 2.48. The van der Waals surface area contributed by atoms with E-state index in [0.717, 1.165) is 0 Å². The van der Waals surface area contributed by atoms with E-state index in [4.69, 9.17) is 5.73 Å². The normalized spacial score (nSPS) is 22.7. The zero-order valence-electron chi connectivity index (χ0n) is 10.2. The molecule has 2 N–H and O–H groups in total. The first-order valence-electron chi connectivity index (χ1n) is 5.97. The number of nitrogens with two attached hydrogens (primary N) is 1. The van der Waals surface area contributed by atoms with E-state index in [0.29, 0.717) is 5.92 Å². The van der Waals surface area contributed by atoms with Crippen molar-refractivity contribution in [2.24, 2.45) is 11.7 Å². The molecule has 1 atom stereocenters. The van der Waals surface area contributed by atoms with E-state index < -0.39 is 0 Å². The van der Waals surface area contributed by atoms with E-state index in [9.17, 15) is 0 Å². The van der Waals surface area contributed by atoms with Gasteiger partial charge in [-0.05, 0) is 45.7 Å². The van der Waals surface area contributed by atoms with Gasteiger partial charge in [-0.2, -0.15) is 0 Å². The van der Waals surface area contributed by atoms with Crippen LogP contribution >= 0.6 is 0 Å². The molecule has 2 nitrogen and oxygen atoms in total. The van der Waals surface area contributed by atoms with Crippen LogP contribution in [0.15, 0.2) is 0 Å². The Labute approximate surface area is 88.8 Å². The van der Waals surface area contributed by atoms with Crippen LogP contribution in [0.1, 0.15) is 47.0 Å². The summed E-state index contributed by atoms with van der Waals surface area (Å²) in [5.74, 6) is 0.562. The van der Waals surface area contributed by atoms with Crippen LogP contribution in [0, 0.1) is 5.92 Å². The van der Waals surface area contributed by atoms with Gasteiger partial charge in [-0.3, -0.25) is 4.90 Å². The maximum Gasteiger partial charge on any atom is 0.0306 e. The van der Waals surface area contributed by atoms with Gasteiger partial charge in [-0.25, -0.2) is 0 Å².